The smallest absolute Gasteiger partial charge is 0.260 e. The second-order valence-corrected chi connectivity index (χ2v) is 5.61. The lowest BCUT2D eigenvalue weighted by atomic mass is 10.1. The zero-order chi connectivity index (χ0) is 16.1. The van der Waals surface area contributed by atoms with Crippen LogP contribution in [0, 0.1) is 11.7 Å². The molecule has 1 aliphatic heterocycles. The molecular weight excluding hydrogens is 287 g/mol. The van der Waals surface area contributed by atoms with E-state index in [1.807, 2.05) is 13.8 Å². The zero-order valence-electron chi connectivity index (χ0n) is 12.9. The van der Waals surface area contributed by atoms with Gasteiger partial charge in [0, 0.05) is 38.2 Å². The van der Waals surface area contributed by atoms with Gasteiger partial charge < -0.3 is 14.5 Å². The molecule has 0 unspecified atom stereocenters. The van der Waals surface area contributed by atoms with Gasteiger partial charge in [-0.1, -0.05) is 19.9 Å². The lowest BCUT2D eigenvalue weighted by Crippen LogP contribution is -2.52. The summed E-state index contributed by atoms with van der Waals surface area (Å²) in [7, 11) is 0. The summed E-state index contributed by atoms with van der Waals surface area (Å²) in [6, 6.07) is 5.70. The standard InChI is InChI=1S/C16H21FN2O3/c1-12(2)16(21)19-8-6-18(7-9-19)15(20)11-22-14-5-3-4-13(17)10-14/h3-5,10,12H,6-9,11H2,1-2H3. The maximum atomic E-state index is 13.0. The van der Waals surface area contributed by atoms with Gasteiger partial charge in [-0.3, -0.25) is 9.59 Å². The Kier molecular flexibility index (Phi) is 5.35. The van der Waals surface area contributed by atoms with Crippen molar-refractivity contribution in [3.8, 4) is 5.75 Å². The van der Waals surface area contributed by atoms with E-state index in [1.54, 1.807) is 15.9 Å². The van der Waals surface area contributed by atoms with E-state index in [9.17, 15) is 14.0 Å². The van der Waals surface area contributed by atoms with Gasteiger partial charge >= 0.3 is 0 Å². The van der Waals surface area contributed by atoms with E-state index >= 15 is 0 Å². The van der Waals surface area contributed by atoms with E-state index in [0.29, 0.717) is 31.9 Å². The number of piperazine rings is 1. The van der Waals surface area contributed by atoms with E-state index in [2.05, 4.69) is 0 Å². The lowest BCUT2D eigenvalue weighted by molar-refractivity contribution is -0.142. The molecule has 1 saturated heterocycles. The van der Waals surface area contributed by atoms with Crippen LogP contribution in [0.4, 0.5) is 4.39 Å². The Bertz CT molecular complexity index is 540. The Hall–Kier alpha value is -2.11. The highest BCUT2D eigenvalue weighted by Crippen LogP contribution is 2.12. The molecule has 22 heavy (non-hydrogen) atoms. The minimum absolute atomic E-state index is 0.0291. The van der Waals surface area contributed by atoms with Crippen LogP contribution in [0.25, 0.3) is 0 Å². The molecule has 5 nitrogen and oxygen atoms in total. The molecule has 2 amide bonds. The van der Waals surface area contributed by atoms with Crippen molar-refractivity contribution >= 4 is 11.8 Å². The predicted octanol–water partition coefficient (Wildman–Crippen LogP) is 1.53. The number of carbonyl (C=O) groups is 2. The number of carbonyl (C=O) groups excluding carboxylic acids is 2. The maximum absolute atomic E-state index is 13.0. The van der Waals surface area contributed by atoms with Gasteiger partial charge in [-0.15, -0.1) is 0 Å². The number of benzene rings is 1. The molecule has 0 atom stereocenters. The SMILES string of the molecule is CC(C)C(=O)N1CCN(C(=O)COc2cccc(F)c2)CC1. The van der Waals surface area contributed by atoms with Crippen LogP contribution in [0.5, 0.6) is 5.75 Å². The highest BCUT2D eigenvalue weighted by molar-refractivity contribution is 5.80. The molecule has 0 aromatic heterocycles. The van der Waals surface area contributed by atoms with Gasteiger partial charge in [0.1, 0.15) is 11.6 Å². The van der Waals surface area contributed by atoms with Crippen LogP contribution in [0.3, 0.4) is 0 Å². The lowest BCUT2D eigenvalue weighted by Gasteiger charge is -2.35. The number of nitrogens with zero attached hydrogens (tertiary/aromatic N) is 2. The molecule has 0 bridgehead atoms. The normalized spacial score (nSPS) is 15.1. The third kappa shape index (κ3) is 4.19. The van der Waals surface area contributed by atoms with Crippen molar-refractivity contribution in [2.75, 3.05) is 32.8 Å². The monoisotopic (exact) mass is 308 g/mol. The summed E-state index contributed by atoms with van der Waals surface area (Å²) in [6.07, 6.45) is 0. The van der Waals surface area contributed by atoms with Crippen molar-refractivity contribution < 1.29 is 18.7 Å². The fraction of sp³-hybridized carbons (Fsp3) is 0.500. The van der Waals surface area contributed by atoms with Gasteiger partial charge in [-0.05, 0) is 12.1 Å². The molecule has 1 heterocycles. The van der Waals surface area contributed by atoms with E-state index < -0.39 is 5.82 Å². The largest absolute Gasteiger partial charge is 0.484 e. The first-order chi connectivity index (χ1) is 10.5. The number of hydrogen-bond donors (Lipinski definition) is 0. The van der Waals surface area contributed by atoms with Gasteiger partial charge in [0.15, 0.2) is 6.61 Å². The van der Waals surface area contributed by atoms with Gasteiger partial charge in [-0.2, -0.15) is 0 Å². The summed E-state index contributed by atoms with van der Waals surface area (Å²) in [5.74, 6) is -0.129. The van der Waals surface area contributed by atoms with Crippen molar-refractivity contribution in [2.24, 2.45) is 5.92 Å². The highest BCUT2D eigenvalue weighted by Gasteiger charge is 2.25. The maximum Gasteiger partial charge on any atom is 0.260 e. The first-order valence-corrected chi connectivity index (χ1v) is 7.42. The molecule has 1 aromatic carbocycles. The molecule has 0 saturated carbocycles. The average molecular weight is 308 g/mol. The van der Waals surface area contributed by atoms with Crippen molar-refractivity contribution in [1.29, 1.82) is 0 Å². The molecule has 1 fully saturated rings. The Morgan fingerprint density at radius 1 is 1.18 bits per heavy atom. The molecule has 0 radical (unpaired) electrons. The minimum atomic E-state index is -0.397. The number of rotatable bonds is 4. The van der Waals surface area contributed by atoms with Gasteiger partial charge in [0.05, 0.1) is 0 Å². The Morgan fingerprint density at radius 2 is 1.82 bits per heavy atom. The third-order valence-corrected chi connectivity index (χ3v) is 3.60. The summed E-state index contributed by atoms with van der Waals surface area (Å²) in [5, 5.41) is 0. The summed E-state index contributed by atoms with van der Waals surface area (Å²) >= 11 is 0. The fourth-order valence-corrected chi connectivity index (χ4v) is 2.33. The Balaban J connectivity index is 1.79. The molecule has 1 aromatic rings. The molecule has 120 valence electrons. The van der Waals surface area contributed by atoms with E-state index in [1.165, 1.54) is 18.2 Å². The molecule has 1 aliphatic rings. The van der Waals surface area contributed by atoms with E-state index in [-0.39, 0.29) is 24.3 Å². The topological polar surface area (TPSA) is 49.9 Å². The van der Waals surface area contributed by atoms with Crippen molar-refractivity contribution in [1.82, 2.24) is 9.80 Å². The quantitative estimate of drug-likeness (QED) is 0.847. The number of ether oxygens (including phenoxy) is 1. The molecular formula is C16H21FN2O3. The Labute approximate surface area is 129 Å². The van der Waals surface area contributed by atoms with Crippen LogP contribution >= 0.6 is 0 Å². The van der Waals surface area contributed by atoms with Crippen LogP contribution in [-0.4, -0.2) is 54.4 Å². The highest BCUT2D eigenvalue weighted by atomic mass is 19.1. The van der Waals surface area contributed by atoms with E-state index in [4.69, 9.17) is 4.74 Å². The third-order valence-electron chi connectivity index (χ3n) is 3.60. The molecule has 2 rings (SSSR count). The van der Waals surface area contributed by atoms with Gasteiger partial charge in [-0.25, -0.2) is 4.39 Å². The summed E-state index contributed by atoms with van der Waals surface area (Å²) in [4.78, 5) is 27.4. The van der Waals surface area contributed by atoms with Crippen LogP contribution in [0.1, 0.15) is 13.8 Å². The number of hydrogen-bond acceptors (Lipinski definition) is 3. The summed E-state index contributed by atoms with van der Waals surface area (Å²) in [5.41, 5.74) is 0. The number of amides is 2. The van der Waals surface area contributed by atoms with E-state index in [0.717, 1.165) is 0 Å². The van der Waals surface area contributed by atoms with Crippen LogP contribution < -0.4 is 4.74 Å². The fourth-order valence-electron chi connectivity index (χ4n) is 2.33. The molecule has 0 spiro atoms. The Morgan fingerprint density at radius 3 is 2.41 bits per heavy atom. The average Bonchev–Trinajstić information content (AvgIpc) is 2.52. The predicted molar refractivity (Wildman–Crippen MR) is 79.9 cm³/mol. The molecule has 6 heteroatoms. The van der Waals surface area contributed by atoms with Crippen LogP contribution in [0.15, 0.2) is 24.3 Å². The minimum Gasteiger partial charge on any atom is -0.484 e. The van der Waals surface area contributed by atoms with Gasteiger partial charge in [0.2, 0.25) is 5.91 Å². The van der Waals surface area contributed by atoms with Crippen molar-refractivity contribution in [3.05, 3.63) is 30.1 Å². The first kappa shape index (κ1) is 16.3. The zero-order valence-corrected chi connectivity index (χ0v) is 12.9. The van der Waals surface area contributed by atoms with Crippen LogP contribution in [0.2, 0.25) is 0 Å². The number of halogens is 1. The second-order valence-electron chi connectivity index (χ2n) is 5.61. The summed E-state index contributed by atoms with van der Waals surface area (Å²) in [6.45, 7) is 5.71. The van der Waals surface area contributed by atoms with Crippen LogP contribution in [-0.2, 0) is 9.59 Å². The summed E-state index contributed by atoms with van der Waals surface area (Å²) < 4.78 is 18.3. The van der Waals surface area contributed by atoms with Crippen molar-refractivity contribution in [3.63, 3.8) is 0 Å². The second kappa shape index (κ2) is 7.24. The molecule has 0 N–H and O–H groups in total. The van der Waals surface area contributed by atoms with Gasteiger partial charge in [0.25, 0.3) is 5.91 Å². The first-order valence-electron chi connectivity index (χ1n) is 7.42. The van der Waals surface area contributed by atoms with Crippen molar-refractivity contribution in [2.45, 2.75) is 13.8 Å². The molecule has 0 aliphatic carbocycles.